The average molecular weight is 477 g/mol. The zero-order chi connectivity index (χ0) is 25.6. The molecule has 12 N–H and O–H groups in total. The van der Waals surface area contributed by atoms with Crippen LogP contribution in [0, 0.1) is 0 Å². The molecule has 0 bridgehead atoms. The molecule has 6 atom stereocenters. The van der Waals surface area contributed by atoms with E-state index in [1.807, 2.05) is 0 Å². The third kappa shape index (κ3) is 11.9. The smallest absolute Gasteiger partial charge is 0.328 e. The van der Waals surface area contributed by atoms with E-state index in [9.17, 15) is 34.5 Å². The molecule has 0 radical (unpaired) electrons. The van der Waals surface area contributed by atoms with Crippen molar-refractivity contribution in [2.45, 2.75) is 88.7 Å². The van der Waals surface area contributed by atoms with E-state index < -0.39 is 60.1 Å². The standard InChI is InChI=1S/C20H40N6O7/c1-11(27)15(25-17(29)13(23)7-3-5-9-21)19(31)24-14(8-4-6-10-22)18(30)26-16(12(2)28)20(32)33/h11-16,27-28H,3-10,21-23H2,1-2H3,(H,24,31)(H,25,29)(H,26,30)(H,32,33). The summed E-state index contributed by atoms with van der Waals surface area (Å²) in [6, 6.07) is -5.06. The molecule has 13 heteroatoms. The third-order valence-corrected chi connectivity index (χ3v) is 4.99. The SMILES string of the molecule is CC(O)C(NC(=O)C(CCCCN)NC(=O)C(NC(=O)C(N)CCCCN)C(C)O)C(=O)O. The molecule has 0 saturated heterocycles. The third-order valence-electron chi connectivity index (χ3n) is 4.99. The summed E-state index contributed by atoms with van der Waals surface area (Å²) in [5, 5.41) is 35.8. The number of nitrogens with one attached hydrogen (secondary N) is 3. The number of carboxylic acids is 1. The van der Waals surface area contributed by atoms with Crippen molar-refractivity contribution in [2.24, 2.45) is 17.2 Å². The van der Waals surface area contributed by atoms with Crippen LogP contribution < -0.4 is 33.2 Å². The van der Waals surface area contributed by atoms with E-state index in [1.165, 1.54) is 13.8 Å². The molecule has 0 aliphatic rings. The van der Waals surface area contributed by atoms with Crippen LogP contribution in [-0.2, 0) is 19.2 Å². The van der Waals surface area contributed by atoms with Crippen molar-refractivity contribution in [3.8, 4) is 0 Å². The Morgan fingerprint density at radius 3 is 1.67 bits per heavy atom. The summed E-state index contributed by atoms with van der Waals surface area (Å²) in [5.41, 5.74) is 16.7. The van der Waals surface area contributed by atoms with Crippen LogP contribution in [0.1, 0.15) is 52.4 Å². The van der Waals surface area contributed by atoms with Gasteiger partial charge in [0.2, 0.25) is 17.7 Å². The van der Waals surface area contributed by atoms with Crippen molar-refractivity contribution >= 4 is 23.7 Å². The van der Waals surface area contributed by atoms with Gasteiger partial charge in [-0.25, -0.2) is 4.79 Å². The zero-order valence-electron chi connectivity index (χ0n) is 19.3. The first-order valence-corrected chi connectivity index (χ1v) is 11.1. The molecule has 0 spiro atoms. The number of hydrogen-bond acceptors (Lipinski definition) is 9. The number of carbonyl (C=O) groups is 4. The van der Waals surface area contributed by atoms with Gasteiger partial charge in [-0.2, -0.15) is 0 Å². The van der Waals surface area contributed by atoms with Crippen molar-refractivity contribution in [3.05, 3.63) is 0 Å². The van der Waals surface area contributed by atoms with E-state index in [4.69, 9.17) is 17.2 Å². The van der Waals surface area contributed by atoms with Gasteiger partial charge in [0.25, 0.3) is 0 Å². The monoisotopic (exact) mass is 476 g/mol. The van der Waals surface area contributed by atoms with Gasteiger partial charge in [-0.1, -0.05) is 6.42 Å². The molecule has 192 valence electrons. The Morgan fingerprint density at radius 2 is 1.21 bits per heavy atom. The second-order valence-corrected chi connectivity index (χ2v) is 8.03. The van der Waals surface area contributed by atoms with Crippen molar-refractivity contribution in [1.82, 2.24) is 16.0 Å². The van der Waals surface area contributed by atoms with Gasteiger partial charge in [0, 0.05) is 0 Å². The van der Waals surface area contributed by atoms with Gasteiger partial charge >= 0.3 is 5.97 Å². The second kappa shape index (κ2) is 16.3. The van der Waals surface area contributed by atoms with Crippen molar-refractivity contribution in [2.75, 3.05) is 13.1 Å². The molecule has 3 amide bonds. The number of aliphatic carboxylic acids is 1. The summed E-state index contributed by atoms with van der Waals surface area (Å²) < 4.78 is 0. The molecule has 0 fully saturated rings. The predicted molar refractivity (Wildman–Crippen MR) is 121 cm³/mol. The largest absolute Gasteiger partial charge is 0.480 e. The Morgan fingerprint density at radius 1 is 0.727 bits per heavy atom. The van der Waals surface area contributed by atoms with Gasteiger partial charge in [0.1, 0.15) is 12.1 Å². The maximum Gasteiger partial charge on any atom is 0.328 e. The van der Waals surface area contributed by atoms with Crippen LogP contribution in [0.15, 0.2) is 0 Å². The van der Waals surface area contributed by atoms with Crippen LogP contribution in [0.3, 0.4) is 0 Å². The normalized spacial score (nSPS) is 16.6. The minimum absolute atomic E-state index is 0.125. The van der Waals surface area contributed by atoms with Gasteiger partial charge in [0.05, 0.1) is 18.2 Å². The first-order valence-electron chi connectivity index (χ1n) is 11.1. The highest BCUT2D eigenvalue weighted by molar-refractivity contribution is 5.94. The Balaban J connectivity index is 5.34. The average Bonchev–Trinajstić information content (AvgIpc) is 2.73. The Bertz CT molecular complexity index is 632. The Kier molecular flexibility index (Phi) is 15.2. The number of hydrogen-bond donors (Lipinski definition) is 9. The molecule has 0 heterocycles. The number of unbranched alkanes of at least 4 members (excludes halogenated alkanes) is 2. The molecule has 0 aliphatic carbocycles. The summed E-state index contributed by atoms with van der Waals surface area (Å²) in [7, 11) is 0. The van der Waals surface area contributed by atoms with E-state index in [0.29, 0.717) is 45.2 Å². The number of rotatable bonds is 17. The number of carbonyl (C=O) groups excluding carboxylic acids is 3. The molecular formula is C20H40N6O7. The van der Waals surface area contributed by atoms with Crippen LogP contribution >= 0.6 is 0 Å². The van der Waals surface area contributed by atoms with Gasteiger partial charge in [0.15, 0.2) is 6.04 Å². The van der Waals surface area contributed by atoms with Gasteiger partial charge < -0.3 is 48.5 Å². The summed E-state index contributed by atoms with van der Waals surface area (Å²) in [6.07, 6.45) is 0.0842. The minimum atomic E-state index is -1.58. The molecule has 6 unspecified atom stereocenters. The quantitative estimate of drug-likeness (QED) is 0.0955. The molecule has 13 nitrogen and oxygen atoms in total. The molecule has 0 saturated carbocycles. The molecule has 0 aromatic carbocycles. The van der Waals surface area contributed by atoms with E-state index >= 15 is 0 Å². The summed E-state index contributed by atoms with van der Waals surface area (Å²) in [5.74, 6) is -3.76. The molecule has 0 aromatic rings. The van der Waals surface area contributed by atoms with Gasteiger partial charge in [-0.05, 0) is 59.0 Å². The number of amides is 3. The maximum absolute atomic E-state index is 12.8. The van der Waals surface area contributed by atoms with E-state index in [0.717, 1.165) is 0 Å². The Hall–Kier alpha value is -2.32. The van der Waals surface area contributed by atoms with Gasteiger partial charge in [-0.3, -0.25) is 14.4 Å². The second-order valence-electron chi connectivity index (χ2n) is 8.03. The van der Waals surface area contributed by atoms with Gasteiger partial charge in [-0.15, -0.1) is 0 Å². The van der Waals surface area contributed by atoms with E-state index in [-0.39, 0.29) is 6.42 Å². The predicted octanol–water partition coefficient (Wildman–Crippen LogP) is -3.13. The van der Waals surface area contributed by atoms with Crippen LogP contribution in [0.2, 0.25) is 0 Å². The number of carboxylic acid groups (broad SMARTS) is 1. The number of aliphatic hydroxyl groups is 2. The first kappa shape index (κ1) is 30.7. The number of aliphatic hydroxyl groups excluding tert-OH is 2. The maximum atomic E-state index is 12.8. The molecule has 0 rings (SSSR count). The zero-order valence-corrected chi connectivity index (χ0v) is 19.3. The molecule has 0 aromatic heterocycles. The van der Waals surface area contributed by atoms with Crippen LogP contribution in [0.5, 0.6) is 0 Å². The summed E-state index contributed by atoms with van der Waals surface area (Å²) >= 11 is 0. The lowest BCUT2D eigenvalue weighted by atomic mass is 10.0. The summed E-state index contributed by atoms with van der Waals surface area (Å²) in [4.78, 5) is 49.1. The lowest BCUT2D eigenvalue weighted by Crippen LogP contribution is -2.60. The molecular weight excluding hydrogens is 436 g/mol. The fourth-order valence-electron chi connectivity index (χ4n) is 2.97. The van der Waals surface area contributed by atoms with Crippen LogP contribution in [0.4, 0.5) is 0 Å². The van der Waals surface area contributed by atoms with Crippen molar-refractivity contribution < 1.29 is 34.5 Å². The van der Waals surface area contributed by atoms with E-state index in [1.54, 1.807) is 0 Å². The van der Waals surface area contributed by atoms with Crippen LogP contribution in [-0.4, -0.2) is 88.5 Å². The summed E-state index contributed by atoms with van der Waals surface area (Å²) in [6.45, 7) is 3.30. The lowest BCUT2D eigenvalue weighted by Gasteiger charge is -2.27. The Labute approximate surface area is 193 Å². The van der Waals surface area contributed by atoms with E-state index in [2.05, 4.69) is 16.0 Å². The highest BCUT2D eigenvalue weighted by atomic mass is 16.4. The topological polar surface area (TPSA) is 243 Å². The molecule has 33 heavy (non-hydrogen) atoms. The molecule has 0 aliphatic heterocycles. The fourth-order valence-corrected chi connectivity index (χ4v) is 2.97. The van der Waals surface area contributed by atoms with Crippen molar-refractivity contribution in [3.63, 3.8) is 0 Å². The first-order chi connectivity index (χ1) is 15.5. The number of nitrogens with two attached hydrogens (primary N) is 3. The highest BCUT2D eigenvalue weighted by Crippen LogP contribution is 2.06. The fraction of sp³-hybridized carbons (Fsp3) is 0.800. The minimum Gasteiger partial charge on any atom is -0.480 e. The highest BCUT2D eigenvalue weighted by Gasteiger charge is 2.33. The lowest BCUT2D eigenvalue weighted by molar-refractivity contribution is -0.145. The van der Waals surface area contributed by atoms with Crippen molar-refractivity contribution in [1.29, 1.82) is 0 Å². The van der Waals surface area contributed by atoms with Crippen LogP contribution in [0.25, 0.3) is 0 Å².